The summed E-state index contributed by atoms with van der Waals surface area (Å²) >= 11 is 0. The second-order valence-corrected chi connectivity index (χ2v) is 14.0. The lowest BCUT2D eigenvalue weighted by atomic mass is 9.94. The summed E-state index contributed by atoms with van der Waals surface area (Å²) in [6.07, 6.45) is 0. The van der Waals surface area contributed by atoms with Crippen LogP contribution in [0.2, 0.25) is 0 Å². The molecule has 2 heterocycles. The maximum atomic E-state index is 7.10. The van der Waals surface area contributed by atoms with Crippen LogP contribution in [0.25, 0.3) is 88.0 Å². The van der Waals surface area contributed by atoms with Gasteiger partial charge in [0.25, 0.3) is 0 Å². The van der Waals surface area contributed by atoms with Gasteiger partial charge in [0, 0.05) is 32.8 Å². The third-order valence-corrected chi connectivity index (χ3v) is 10.9. The van der Waals surface area contributed by atoms with Gasteiger partial charge in [0.05, 0.1) is 11.4 Å². The van der Waals surface area contributed by atoms with E-state index < -0.39 is 0 Å². The van der Waals surface area contributed by atoms with Crippen molar-refractivity contribution in [3.63, 3.8) is 0 Å². The van der Waals surface area contributed by atoms with Crippen LogP contribution in [0.15, 0.2) is 209 Å². The fraction of sp³-hybridized carbons (Fsp3) is 0. The van der Waals surface area contributed by atoms with E-state index in [1.54, 1.807) is 0 Å². The largest absolute Gasteiger partial charge is 0.456 e. The Bertz CT molecular complexity index is 3200. The number of furan rings is 2. The second kappa shape index (κ2) is 12.6. The second-order valence-electron chi connectivity index (χ2n) is 14.0. The van der Waals surface area contributed by atoms with E-state index in [-0.39, 0.29) is 0 Å². The van der Waals surface area contributed by atoms with Crippen LogP contribution in [0.4, 0.5) is 17.1 Å². The fourth-order valence-electron chi connectivity index (χ4n) is 8.33. The lowest BCUT2D eigenvalue weighted by Gasteiger charge is -2.28. The first kappa shape index (κ1) is 31.2. The molecule has 2 aromatic heterocycles. The van der Waals surface area contributed by atoms with Gasteiger partial charge in [-0.3, -0.25) is 0 Å². The van der Waals surface area contributed by atoms with E-state index in [2.05, 4.69) is 193 Å². The molecule has 0 N–H and O–H groups in total. The van der Waals surface area contributed by atoms with Crippen LogP contribution in [0.5, 0.6) is 0 Å². The van der Waals surface area contributed by atoms with E-state index in [0.717, 1.165) is 88.8 Å². The number of anilines is 3. The minimum absolute atomic E-state index is 0.830. The van der Waals surface area contributed by atoms with E-state index in [9.17, 15) is 0 Å². The predicted molar refractivity (Wildman–Crippen MR) is 229 cm³/mol. The molecular weight excluding hydrogens is 671 g/mol. The molecule has 9 aromatic carbocycles. The molecular formula is C52H33NO2. The molecule has 0 saturated heterocycles. The van der Waals surface area contributed by atoms with Crippen LogP contribution in [0.1, 0.15) is 0 Å². The molecule has 0 unspecified atom stereocenters. The zero-order valence-corrected chi connectivity index (χ0v) is 29.8. The van der Waals surface area contributed by atoms with Gasteiger partial charge in [-0.2, -0.15) is 0 Å². The number of hydrogen-bond acceptors (Lipinski definition) is 3. The molecule has 0 fully saturated rings. The maximum absolute atomic E-state index is 7.10. The van der Waals surface area contributed by atoms with Crippen molar-refractivity contribution in [2.75, 3.05) is 4.90 Å². The maximum Gasteiger partial charge on any atom is 0.159 e. The summed E-state index contributed by atoms with van der Waals surface area (Å²) in [6, 6.07) is 70.9. The van der Waals surface area contributed by atoms with Gasteiger partial charge in [0.15, 0.2) is 5.58 Å². The third-order valence-electron chi connectivity index (χ3n) is 10.9. The molecule has 3 nitrogen and oxygen atoms in total. The first-order valence-corrected chi connectivity index (χ1v) is 18.7. The number of hydrogen-bond donors (Lipinski definition) is 0. The average molecular weight is 704 g/mol. The molecule has 0 bridgehead atoms. The summed E-state index contributed by atoms with van der Waals surface area (Å²) in [4.78, 5) is 2.36. The molecule has 0 aliphatic carbocycles. The minimum Gasteiger partial charge on any atom is -0.456 e. The quantitative estimate of drug-likeness (QED) is 0.173. The molecule has 0 radical (unpaired) electrons. The van der Waals surface area contributed by atoms with Crippen molar-refractivity contribution in [3.05, 3.63) is 200 Å². The summed E-state index contributed by atoms with van der Waals surface area (Å²) in [5.41, 5.74) is 13.3. The van der Waals surface area contributed by atoms with Gasteiger partial charge in [-0.25, -0.2) is 0 Å². The highest BCUT2D eigenvalue weighted by atomic mass is 16.3. The summed E-state index contributed by atoms with van der Waals surface area (Å²) < 4.78 is 13.4. The molecule has 55 heavy (non-hydrogen) atoms. The van der Waals surface area contributed by atoms with E-state index in [4.69, 9.17) is 8.83 Å². The minimum atomic E-state index is 0.830. The van der Waals surface area contributed by atoms with Crippen molar-refractivity contribution >= 4 is 71.7 Å². The van der Waals surface area contributed by atoms with Crippen molar-refractivity contribution in [3.8, 4) is 33.4 Å². The Balaban J connectivity index is 1.22. The summed E-state index contributed by atoms with van der Waals surface area (Å²) in [7, 11) is 0. The number of para-hydroxylation sites is 2. The summed E-state index contributed by atoms with van der Waals surface area (Å²) in [5.74, 6) is 0. The van der Waals surface area contributed by atoms with Crippen LogP contribution in [0, 0.1) is 0 Å². The van der Waals surface area contributed by atoms with Gasteiger partial charge < -0.3 is 13.7 Å². The highest BCUT2D eigenvalue weighted by Crippen LogP contribution is 2.49. The standard InChI is InChI=1S/C52H33NO2/c1-4-15-34(16-5-1)37-27-29-46(44(31-37)36-19-8-3-9-20-36)53(38-28-30-49-45(32-38)40-22-12-13-26-48(40)54-49)47-25-14-24-42-51-41-23-11-10-21-39(41)43(33-50(51)55-52(42)47)35-17-6-2-7-18-35/h1-33H. The highest BCUT2D eigenvalue weighted by molar-refractivity contribution is 6.24. The zero-order valence-electron chi connectivity index (χ0n) is 29.8. The number of rotatable bonds is 6. The van der Waals surface area contributed by atoms with Crippen molar-refractivity contribution in [1.82, 2.24) is 0 Å². The van der Waals surface area contributed by atoms with E-state index >= 15 is 0 Å². The van der Waals surface area contributed by atoms with Gasteiger partial charge in [-0.1, -0.05) is 152 Å². The van der Waals surface area contributed by atoms with Crippen LogP contribution in [-0.2, 0) is 0 Å². The van der Waals surface area contributed by atoms with Crippen LogP contribution >= 0.6 is 0 Å². The lowest BCUT2D eigenvalue weighted by Crippen LogP contribution is -2.11. The van der Waals surface area contributed by atoms with Gasteiger partial charge in [0.2, 0.25) is 0 Å². The molecule has 3 heteroatoms. The first-order chi connectivity index (χ1) is 27.3. The van der Waals surface area contributed by atoms with Crippen molar-refractivity contribution in [2.45, 2.75) is 0 Å². The number of fused-ring (bicyclic) bond motifs is 8. The molecule has 11 rings (SSSR count). The summed E-state index contributed by atoms with van der Waals surface area (Å²) in [6.45, 7) is 0. The predicted octanol–water partition coefficient (Wildman–Crippen LogP) is 15.1. The Morgan fingerprint density at radius 3 is 1.69 bits per heavy atom. The van der Waals surface area contributed by atoms with E-state index in [1.807, 2.05) is 12.1 Å². The Morgan fingerprint density at radius 2 is 0.927 bits per heavy atom. The molecule has 0 amide bonds. The van der Waals surface area contributed by atoms with Crippen molar-refractivity contribution in [2.24, 2.45) is 0 Å². The van der Waals surface area contributed by atoms with Crippen LogP contribution in [0.3, 0.4) is 0 Å². The monoisotopic (exact) mass is 703 g/mol. The number of nitrogens with zero attached hydrogens (tertiary/aromatic N) is 1. The molecule has 0 aliphatic rings. The van der Waals surface area contributed by atoms with Crippen molar-refractivity contribution < 1.29 is 8.83 Å². The zero-order chi connectivity index (χ0) is 36.3. The first-order valence-electron chi connectivity index (χ1n) is 18.7. The Morgan fingerprint density at radius 1 is 0.309 bits per heavy atom. The third kappa shape index (κ3) is 5.13. The van der Waals surface area contributed by atoms with E-state index in [1.165, 1.54) is 16.3 Å². The van der Waals surface area contributed by atoms with Crippen molar-refractivity contribution in [1.29, 1.82) is 0 Å². The Labute approximate surface area is 317 Å². The Kier molecular flexibility index (Phi) is 7.17. The molecule has 0 spiro atoms. The molecule has 0 aliphatic heterocycles. The number of benzene rings is 9. The van der Waals surface area contributed by atoms with Gasteiger partial charge >= 0.3 is 0 Å². The molecule has 11 aromatic rings. The molecule has 0 saturated carbocycles. The topological polar surface area (TPSA) is 29.5 Å². The Hall–Kier alpha value is -7.36. The van der Waals surface area contributed by atoms with Gasteiger partial charge in [-0.05, 0) is 87.1 Å². The SMILES string of the molecule is c1ccc(-c2ccc(N(c3ccc4oc5ccccc5c4c3)c3cccc4c3oc3cc(-c5ccccc5)c5ccccc5c34)c(-c3ccccc3)c2)cc1. The van der Waals surface area contributed by atoms with Crippen LogP contribution < -0.4 is 4.90 Å². The molecule has 258 valence electrons. The molecule has 0 atom stereocenters. The summed E-state index contributed by atoms with van der Waals surface area (Å²) in [5, 5.41) is 6.71. The fourth-order valence-corrected chi connectivity index (χ4v) is 8.33. The normalized spacial score (nSPS) is 11.6. The average Bonchev–Trinajstić information content (AvgIpc) is 3.83. The van der Waals surface area contributed by atoms with Gasteiger partial charge in [-0.15, -0.1) is 0 Å². The highest BCUT2D eigenvalue weighted by Gasteiger charge is 2.24. The smallest absolute Gasteiger partial charge is 0.159 e. The van der Waals surface area contributed by atoms with E-state index in [0.29, 0.717) is 0 Å². The lowest BCUT2D eigenvalue weighted by molar-refractivity contribution is 0.669. The van der Waals surface area contributed by atoms with Crippen LogP contribution in [-0.4, -0.2) is 0 Å². The van der Waals surface area contributed by atoms with Gasteiger partial charge in [0.1, 0.15) is 16.7 Å².